The molecule has 0 atom stereocenters. The van der Waals surface area contributed by atoms with Gasteiger partial charge in [0.25, 0.3) is 5.91 Å². The van der Waals surface area contributed by atoms with Crippen molar-refractivity contribution in [2.24, 2.45) is 0 Å². The van der Waals surface area contributed by atoms with Crippen molar-refractivity contribution in [2.45, 2.75) is 27.4 Å². The van der Waals surface area contributed by atoms with Gasteiger partial charge in [0, 0.05) is 5.69 Å². The van der Waals surface area contributed by atoms with Crippen LogP contribution in [0.15, 0.2) is 66.7 Å². The molecule has 0 fully saturated rings. The summed E-state index contributed by atoms with van der Waals surface area (Å²) in [6.07, 6.45) is 0. The number of rotatable bonds is 7. The lowest BCUT2D eigenvalue weighted by atomic mass is 10.1. The highest BCUT2D eigenvalue weighted by molar-refractivity contribution is 5.97. The van der Waals surface area contributed by atoms with E-state index < -0.39 is 11.9 Å². The zero-order valence-electron chi connectivity index (χ0n) is 17.4. The van der Waals surface area contributed by atoms with Crippen LogP contribution in [-0.2, 0) is 16.1 Å². The molecule has 0 saturated carbocycles. The predicted molar refractivity (Wildman–Crippen MR) is 117 cm³/mol. The van der Waals surface area contributed by atoms with Gasteiger partial charge in [-0.1, -0.05) is 54.1 Å². The first-order valence-corrected chi connectivity index (χ1v) is 9.74. The minimum Gasteiger partial charge on any atom is -0.488 e. The maximum absolute atomic E-state index is 12.5. The number of nitrogens with one attached hydrogen (secondary N) is 1. The van der Waals surface area contributed by atoms with Crippen molar-refractivity contribution in [2.75, 3.05) is 11.9 Å². The number of carbonyl (C=O) groups is 2. The summed E-state index contributed by atoms with van der Waals surface area (Å²) in [4.78, 5) is 24.7. The molecule has 30 heavy (non-hydrogen) atoms. The Balaban J connectivity index is 1.60. The third kappa shape index (κ3) is 5.47. The van der Waals surface area contributed by atoms with E-state index in [0.29, 0.717) is 18.0 Å². The number of ether oxygens (including phenoxy) is 2. The number of anilines is 1. The maximum atomic E-state index is 12.5. The molecule has 0 aliphatic heterocycles. The van der Waals surface area contributed by atoms with Crippen LogP contribution in [0.5, 0.6) is 5.75 Å². The summed E-state index contributed by atoms with van der Waals surface area (Å²) in [6, 6.07) is 20.5. The van der Waals surface area contributed by atoms with Crippen LogP contribution in [0.25, 0.3) is 0 Å². The highest BCUT2D eigenvalue weighted by Gasteiger charge is 2.16. The van der Waals surface area contributed by atoms with Gasteiger partial charge in [-0.3, -0.25) is 4.79 Å². The third-order valence-corrected chi connectivity index (χ3v) is 4.80. The van der Waals surface area contributed by atoms with Crippen molar-refractivity contribution in [1.82, 2.24) is 0 Å². The first-order chi connectivity index (χ1) is 14.4. The summed E-state index contributed by atoms with van der Waals surface area (Å²) in [5, 5.41) is 2.78. The topological polar surface area (TPSA) is 64.6 Å². The molecule has 154 valence electrons. The first-order valence-electron chi connectivity index (χ1n) is 9.74. The van der Waals surface area contributed by atoms with Crippen LogP contribution < -0.4 is 10.1 Å². The molecule has 0 radical (unpaired) electrons. The molecule has 0 aliphatic rings. The monoisotopic (exact) mass is 403 g/mol. The Morgan fingerprint density at radius 2 is 1.67 bits per heavy atom. The van der Waals surface area contributed by atoms with Crippen LogP contribution >= 0.6 is 0 Å². The summed E-state index contributed by atoms with van der Waals surface area (Å²) >= 11 is 0. The number of hydrogen-bond acceptors (Lipinski definition) is 4. The van der Waals surface area contributed by atoms with E-state index in [-0.39, 0.29) is 12.2 Å². The summed E-state index contributed by atoms with van der Waals surface area (Å²) in [6.45, 7) is 5.87. The van der Waals surface area contributed by atoms with E-state index >= 15 is 0 Å². The van der Waals surface area contributed by atoms with Gasteiger partial charge in [-0.25, -0.2) is 4.79 Å². The summed E-state index contributed by atoms with van der Waals surface area (Å²) < 4.78 is 11.0. The van der Waals surface area contributed by atoms with Crippen LogP contribution in [-0.4, -0.2) is 18.5 Å². The molecular weight excluding hydrogens is 378 g/mol. The van der Waals surface area contributed by atoms with E-state index in [4.69, 9.17) is 9.47 Å². The van der Waals surface area contributed by atoms with Gasteiger partial charge in [0.2, 0.25) is 0 Å². The summed E-state index contributed by atoms with van der Waals surface area (Å²) in [5.41, 5.74) is 5.18. The Hall–Kier alpha value is -3.60. The minimum absolute atomic E-state index is 0.282. The number of benzene rings is 3. The number of aryl methyl sites for hydroxylation is 2. The number of para-hydroxylation sites is 1. The molecular formula is C25H25NO4. The first kappa shape index (κ1) is 21.1. The van der Waals surface area contributed by atoms with E-state index in [0.717, 1.165) is 22.3 Å². The number of hydrogen-bond donors (Lipinski definition) is 1. The Kier molecular flexibility index (Phi) is 6.86. The van der Waals surface area contributed by atoms with Gasteiger partial charge in [-0.15, -0.1) is 0 Å². The van der Waals surface area contributed by atoms with Gasteiger partial charge in [-0.05, 0) is 55.7 Å². The minimum atomic E-state index is -0.606. The van der Waals surface area contributed by atoms with Crippen molar-refractivity contribution in [3.05, 3.63) is 94.5 Å². The van der Waals surface area contributed by atoms with E-state index in [1.807, 2.05) is 63.2 Å². The van der Waals surface area contributed by atoms with Gasteiger partial charge in [0.1, 0.15) is 17.9 Å². The van der Waals surface area contributed by atoms with Crippen LogP contribution in [0, 0.1) is 20.8 Å². The van der Waals surface area contributed by atoms with E-state index in [1.54, 1.807) is 24.3 Å². The second-order valence-electron chi connectivity index (χ2n) is 7.15. The molecule has 0 saturated heterocycles. The Morgan fingerprint density at radius 3 is 2.47 bits per heavy atom. The molecule has 0 aromatic heterocycles. The van der Waals surface area contributed by atoms with Crippen molar-refractivity contribution in [3.63, 3.8) is 0 Å². The number of carbonyl (C=O) groups excluding carboxylic acids is 2. The highest BCUT2D eigenvalue weighted by Crippen LogP contribution is 2.21. The Labute approximate surface area is 176 Å². The molecule has 1 amide bonds. The smallest absolute Gasteiger partial charge is 0.342 e. The highest BCUT2D eigenvalue weighted by atomic mass is 16.5. The predicted octanol–water partition coefficient (Wildman–Crippen LogP) is 4.99. The van der Waals surface area contributed by atoms with Crippen LogP contribution in [0.3, 0.4) is 0 Å². The molecule has 0 unspecified atom stereocenters. The zero-order chi connectivity index (χ0) is 21.5. The van der Waals surface area contributed by atoms with E-state index in [2.05, 4.69) is 5.32 Å². The SMILES string of the molecule is Cc1cccc(COc2ccccc2C(=O)OCC(=O)Nc2cccc(C)c2C)c1. The average Bonchev–Trinajstić information content (AvgIpc) is 2.74. The fourth-order valence-corrected chi connectivity index (χ4v) is 3.01. The van der Waals surface area contributed by atoms with Crippen molar-refractivity contribution in [3.8, 4) is 5.75 Å². The second-order valence-corrected chi connectivity index (χ2v) is 7.15. The van der Waals surface area contributed by atoms with Crippen LogP contribution in [0.2, 0.25) is 0 Å². The van der Waals surface area contributed by atoms with Crippen molar-refractivity contribution >= 4 is 17.6 Å². The summed E-state index contributed by atoms with van der Waals surface area (Å²) in [7, 11) is 0. The molecule has 0 bridgehead atoms. The van der Waals surface area contributed by atoms with Crippen LogP contribution in [0.1, 0.15) is 32.6 Å². The molecule has 1 N–H and O–H groups in total. The largest absolute Gasteiger partial charge is 0.488 e. The molecule has 3 aromatic rings. The zero-order valence-corrected chi connectivity index (χ0v) is 17.4. The number of esters is 1. The van der Waals surface area contributed by atoms with E-state index in [9.17, 15) is 9.59 Å². The van der Waals surface area contributed by atoms with Crippen molar-refractivity contribution < 1.29 is 19.1 Å². The molecule has 3 rings (SSSR count). The molecule has 5 nitrogen and oxygen atoms in total. The normalized spacial score (nSPS) is 10.4. The fourth-order valence-electron chi connectivity index (χ4n) is 3.01. The van der Waals surface area contributed by atoms with Gasteiger partial charge in [-0.2, -0.15) is 0 Å². The van der Waals surface area contributed by atoms with Gasteiger partial charge in [0.15, 0.2) is 6.61 Å². The molecule has 0 heterocycles. The summed E-state index contributed by atoms with van der Waals surface area (Å²) in [5.74, 6) is -0.583. The Morgan fingerprint density at radius 1 is 0.900 bits per heavy atom. The maximum Gasteiger partial charge on any atom is 0.342 e. The molecule has 3 aromatic carbocycles. The Bertz CT molecular complexity index is 1060. The standard InChI is InChI=1S/C25H25NO4/c1-17-8-6-10-20(14-17)15-29-23-13-5-4-11-21(23)25(28)30-16-24(27)26-22-12-7-9-18(2)19(22)3/h4-14H,15-16H2,1-3H3,(H,26,27). The van der Waals surface area contributed by atoms with Crippen LogP contribution in [0.4, 0.5) is 5.69 Å². The van der Waals surface area contributed by atoms with Gasteiger partial charge < -0.3 is 14.8 Å². The quantitative estimate of drug-likeness (QED) is 0.565. The average molecular weight is 403 g/mol. The third-order valence-electron chi connectivity index (χ3n) is 4.80. The number of amides is 1. The van der Waals surface area contributed by atoms with Gasteiger partial charge >= 0.3 is 5.97 Å². The van der Waals surface area contributed by atoms with Crippen molar-refractivity contribution in [1.29, 1.82) is 0 Å². The lowest BCUT2D eigenvalue weighted by Crippen LogP contribution is -2.21. The van der Waals surface area contributed by atoms with E-state index in [1.165, 1.54) is 0 Å². The molecule has 0 spiro atoms. The lowest BCUT2D eigenvalue weighted by Gasteiger charge is -2.13. The van der Waals surface area contributed by atoms with Gasteiger partial charge in [0.05, 0.1) is 0 Å². The molecule has 0 aliphatic carbocycles. The fraction of sp³-hybridized carbons (Fsp3) is 0.200. The lowest BCUT2D eigenvalue weighted by molar-refractivity contribution is -0.119. The molecule has 5 heteroatoms. The second kappa shape index (κ2) is 9.74.